The fraction of sp³-hybridized carbons (Fsp3) is 0.200. The van der Waals surface area contributed by atoms with Crippen molar-refractivity contribution in [1.29, 1.82) is 0 Å². The molecule has 0 N–H and O–H groups in total. The average Bonchev–Trinajstić information content (AvgIpc) is 3.14. The van der Waals surface area contributed by atoms with E-state index in [1.54, 1.807) is 17.5 Å². The molecule has 0 saturated heterocycles. The Bertz CT molecular complexity index is 742. The molecule has 0 saturated carbocycles. The summed E-state index contributed by atoms with van der Waals surface area (Å²) < 4.78 is 0. The van der Waals surface area contributed by atoms with E-state index in [1.165, 1.54) is 11.1 Å². The largest absolute Gasteiger partial charge is 0.332 e. The van der Waals surface area contributed by atoms with Crippen molar-refractivity contribution in [3.8, 4) is 0 Å². The van der Waals surface area contributed by atoms with Crippen LogP contribution in [0.2, 0.25) is 0 Å². The fourth-order valence-electron chi connectivity index (χ4n) is 2.58. The zero-order valence-electron chi connectivity index (χ0n) is 13.5. The predicted octanol–water partition coefficient (Wildman–Crippen LogP) is 4.30. The zero-order valence-corrected chi connectivity index (χ0v) is 14.3. The van der Waals surface area contributed by atoms with Crippen LogP contribution in [0.4, 0.5) is 0 Å². The SMILES string of the molecule is O=C(CCc1ccccc1)N(Cc1ccsc1)Cc1ccccn1. The summed E-state index contributed by atoms with van der Waals surface area (Å²) in [5, 5.41) is 4.14. The Hall–Kier alpha value is -2.46. The molecule has 0 atom stereocenters. The number of aryl methyl sites for hydroxylation is 1. The standard InChI is InChI=1S/C20H20N2OS/c23-20(10-9-17-6-2-1-3-7-17)22(14-18-11-13-24-16-18)15-19-8-4-5-12-21-19/h1-8,11-13,16H,9-10,14-15H2. The molecule has 0 aliphatic rings. The number of rotatable bonds is 7. The van der Waals surface area contributed by atoms with Gasteiger partial charge in [-0.05, 0) is 46.5 Å². The lowest BCUT2D eigenvalue weighted by Gasteiger charge is -2.22. The van der Waals surface area contributed by atoms with E-state index in [0.29, 0.717) is 19.5 Å². The third-order valence-corrected chi connectivity index (χ3v) is 4.59. The van der Waals surface area contributed by atoms with Crippen LogP contribution in [0.25, 0.3) is 0 Å². The highest BCUT2D eigenvalue weighted by atomic mass is 32.1. The Balaban J connectivity index is 1.67. The van der Waals surface area contributed by atoms with Crippen LogP contribution < -0.4 is 0 Å². The van der Waals surface area contributed by atoms with Crippen LogP contribution in [0.15, 0.2) is 71.6 Å². The topological polar surface area (TPSA) is 33.2 Å². The first-order chi connectivity index (χ1) is 11.8. The van der Waals surface area contributed by atoms with Crippen molar-refractivity contribution >= 4 is 17.2 Å². The van der Waals surface area contributed by atoms with Crippen molar-refractivity contribution in [3.63, 3.8) is 0 Å². The smallest absolute Gasteiger partial charge is 0.223 e. The van der Waals surface area contributed by atoms with Gasteiger partial charge in [-0.3, -0.25) is 9.78 Å². The summed E-state index contributed by atoms with van der Waals surface area (Å²) in [6, 6.07) is 18.0. The van der Waals surface area contributed by atoms with Gasteiger partial charge in [0.2, 0.25) is 5.91 Å². The lowest BCUT2D eigenvalue weighted by atomic mass is 10.1. The summed E-state index contributed by atoms with van der Waals surface area (Å²) in [5.74, 6) is 0.163. The summed E-state index contributed by atoms with van der Waals surface area (Å²) in [5.41, 5.74) is 3.28. The van der Waals surface area contributed by atoms with E-state index in [9.17, 15) is 4.79 Å². The fourth-order valence-corrected chi connectivity index (χ4v) is 3.24. The van der Waals surface area contributed by atoms with E-state index < -0.39 is 0 Å². The first kappa shape index (κ1) is 16.4. The second kappa shape index (κ2) is 8.41. The van der Waals surface area contributed by atoms with Gasteiger partial charge in [-0.25, -0.2) is 0 Å². The molecule has 3 rings (SSSR count). The van der Waals surface area contributed by atoms with Gasteiger partial charge in [0, 0.05) is 19.2 Å². The number of thiophene rings is 1. The summed E-state index contributed by atoms with van der Waals surface area (Å²) in [6.07, 6.45) is 3.05. The zero-order chi connectivity index (χ0) is 16.6. The molecule has 0 radical (unpaired) electrons. The number of carbonyl (C=O) groups excluding carboxylic acids is 1. The van der Waals surface area contributed by atoms with Gasteiger partial charge in [0.05, 0.1) is 12.2 Å². The molecule has 24 heavy (non-hydrogen) atoms. The highest BCUT2D eigenvalue weighted by molar-refractivity contribution is 7.07. The Morgan fingerprint density at radius 3 is 2.50 bits per heavy atom. The van der Waals surface area contributed by atoms with Gasteiger partial charge in [-0.2, -0.15) is 11.3 Å². The predicted molar refractivity (Wildman–Crippen MR) is 97.6 cm³/mol. The van der Waals surface area contributed by atoms with Gasteiger partial charge in [0.25, 0.3) is 0 Å². The molecule has 1 amide bonds. The molecule has 0 unspecified atom stereocenters. The number of aromatic nitrogens is 1. The van der Waals surface area contributed by atoms with Gasteiger partial charge in [0.1, 0.15) is 0 Å². The number of hydrogen-bond acceptors (Lipinski definition) is 3. The van der Waals surface area contributed by atoms with Crippen molar-refractivity contribution in [2.24, 2.45) is 0 Å². The maximum Gasteiger partial charge on any atom is 0.223 e. The Morgan fingerprint density at radius 2 is 1.79 bits per heavy atom. The minimum atomic E-state index is 0.163. The molecule has 2 heterocycles. The summed E-state index contributed by atoms with van der Waals surface area (Å²) in [6.45, 7) is 1.18. The van der Waals surface area contributed by atoms with E-state index in [-0.39, 0.29) is 5.91 Å². The number of carbonyl (C=O) groups is 1. The minimum absolute atomic E-state index is 0.163. The van der Waals surface area contributed by atoms with E-state index in [4.69, 9.17) is 0 Å². The van der Waals surface area contributed by atoms with Gasteiger partial charge in [0.15, 0.2) is 0 Å². The average molecular weight is 336 g/mol. The lowest BCUT2D eigenvalue weighted by molar-refractivity contribution is -0.132. The lowest BCUT2D eigenvalue weighted by Crippen LogP contribution is -2.30. The van der Waals surface area contributed by atoms with Crippen LogP contribution in [0.1, 0.15) is 23.2 Å². The molecule has 0 aliphatic carbocycles. The molecule has 0 spiro atoms. The normalized spacial score (nSPS) is 10.5. The van der Waals surface area contributed by atoms with E-state index in [1.807, 2.05) is 46.7 Å². The van der Waals surface area contributed by atoms with Crippen LogP contribution in [0, 0.1) is 0 Å². The van der Waals surface area contributed by atoms with Crippen LogP contribution in [0.5, 0.6) is 0 Å². The molecule has 4 heteroatoms. The highest BCUT2D eigenvalue weighted by Crippen LogP contribution is 2.14. The molecule has 0 fully saturated rings. The Labute approximate surface area is 146 Å². The van der Waals surface area contributed by atoms with Crippen LogP contribution in [0.3, 0.4) is 0 Å². The third-order valence-electron chi connectivity index (χ3n) is 3.86. The van der Waals surface area contributed by atoms with E-state index >= 15 is 0 Å². The van der Waals surface area contributed by atoms with Gasteiger partial charge in [-0.15, -0.1) is 0 Å². The van der Waals surface area contributed by atoms with Crippen LogP contribution >= 0.6 is 11.3 Å². The first-order valence-corrected chi connectivity index (χ1v) is 8.98. The van der Waals surface area contributed by atoms with Gasteiger partial charge >= 0.3 is 0 Å². The van der Waals surface area contributed by atoms with Crippen LogP contribution in [-0.4, -0.2) is 15.8 Å². The van der Waals surface area contributed by atoms with E-state index in [0.717, 1.165) is 12.1 Å². The third kappa shape index (κ3) is 4.77. The summed E-state index contributed by atoms with van der Waals surface area (Å²) in [4.78, 5) is 19.0. The Kier molecular flexibility index (Phi) is 5.75. The number of nitrogens with zero attached hydrogens (tertiary/aromatic N) is 2. The first-order valence-electron chi connectivity index (χ1n) is 8.04. The van der Waals surface area contributed by atoms with Crippen molar-refractivity contribution in [2.75, 3.05) is 0 Å². The summed E-state index contributed by atoms with van der Waals surface area (Å²) >= 11 is 1.66. The Morgan fingerprint density at radius 1 is 0.958 bits per heavy atom. The maximum absolute atomic E-state index is 12.7. The van der Waals surface area contributed by atoms with Crippen molar-refractivity contribution in [3.05, 3.63) is 88.4 Å². The van der Waals surface area contributed by atoms with Crippen LogP contribution in [-0.2, 0) is 24.3 Å². The molecule has 0 bridgehead atoms. The molecule has 1 aromatic carbocycles. The summed E-state index contributed by atoms with van der Waals surface area (Å²) in [7, 11) is 0. The molecule has 2 aromatic heterocycles. The van der Waals surface area contributed by atoms with Crippen molar-refractivity contribution < 1.29 is 4.79 Å². The number of hydrogen-bond donors (Lipinski definition) is 0. The van der Waals surface area contributed by atoms with Crippen molar-refractivity contribution in [2.45, 2.75) is 25.9 Å². The minimum Gasteiger partial charge on any atom is -0.332 e. The van der Waals surface area contributed by atoms with Gasteiger partial charge in [-0.1, -0.05) is 36.4 Å². The molecule has 0 aliphatic heterocycles. The highest BCUT2D eigenvalue weighted by Gasteiger charge is 2.15. The maximum atomic E-state index is 12.7. The van der Waals surface area contributed by atoms with Gasteiger partial charge < -0.3 is 4.90 Å². The number of amides is 1. The molecule has 3 aromatic rings. The van der Waals surface area contributed by atoms with Crippen molar-refractivity contribution in [1.82, 2.24) is 9.88 Å². The quantitative estimate of drug-likeness (QED) is 0.644. The molecule has 3 nitrogen and oxygen atoms in total. The number of benzene rings is 1. The van der Waals surface area contributed by atoms with E-state index in [2.05, 4.69) is 28.6 Å². The molecule has 122 valence electrons. The monoisotopic (exact) mass is 336 g/mol. The molecular formula is C20H20N2OS. The second-order valence-electron chi connectivity index (χ2n) is 5.69. The molecular weight excluding hydrogens is 316 g/mol. The number of pyridine rings is 1. The second-order valence-corrected chi connectivity index (χ2v) is 6.47.